The summed E-state index contributed by atoms with van der Waals surface area (Å²) in [6.07, 6.45) is 1.59. The van der Waals surface area contributed by atoms with Gasteiger partial charge in [-0.2, -0.15) is 0 Å². The van der Waals surface area contributed by atoms with Gasteiger partial charge in [-0.25, -0.2) is 0 Å². The van der Waals surface area contributed by atoms with Crippen molar-refractivity contribution in [3.05, 3.63) is 33.1 Å². The minimum absolute atomic E-state index is 0.216. The molecule has 3 N–H and O–H groups in total. The molecule has 0 aliphatic carbocycles. The van der Waals surface area contributed by atoms with E-state index in [9.17, 15) is 14.4 Å². The molecule has 1 saturated heterocycles. The number of nitrogens with two attached hydrogens (primary N) is 1. The normalized spacial score (nSPS) is 16.4. The molecule has 0 aromatic heterocycles. The first kappa shape index (κ1) is 14.6. The Kier molecular flexibility index (Phi) is 4.46. The molecule has 0 unspecified atom stereocenters. The molecule has 1 aliphatic heterocycles. The fraction of sp³-hybridized carbons (Fsp3) is 0.0833. The molecule has 6 nitrogen and oxygen atoms in total. The van der Waals surface area contributed by atoms with Crippen LogP contribution in [0.5, 0.6) is 5.75 Å². The molecule has 0 spiro atoms. The molecule has 0 radical (unpaired) electrons. The quantitative estimate of drug-likeness (QED) is 0.799. The molecular weight excluding hydrogens is 348 g/mol. The van der Waals surface area contributed by atoms with Crippen LogP contribution >= 0.6 is 27.7 Å². The third-order valence-electron chi connectivity index (χ3n) is 2.27. The summed E-state index contributed by atoms with van der Waals surface area (Å²) >= 11 is 4.14. The Morgan fingerprint density at radius 3 is 2.75 bits per heavy atom. The SMILES string of the molecule is NC(=O)COc1ccc(/C=C2\SC(=O)NC2=O)cc1Br. The highest BCUT2D eigenvalue weighted by Crippen LogP contribution is 2.30. The Hall–Kier alpha value is -1.80. The summed E-state index contributed by atoms with van der Waals surface area (Å²) in [7, 11) is 0. The number of benzene rings is 1. The topological polar surface area (TPSA) is 98.5 Å². The summed E-state index contributed by atoms with van der Waals surface area (Å²) < 4.78 is 5.79. The number of halogens is 1. The average molecular weight is 357 g/mol. The van der Waals surface area contributed by atoms with Gasteiger partial charge in [-0.05, 0) is 51.5 Å². The highest BCUT2D eigenvalue weighted by Gasteiger charge is 2.24. The second-order valence-electron chi connectivity index (χ2n) is 3.80. The monoisotopic (exact) mass is 356 g/mol. The Morgan fingerprint density at radius 1 is 1.45 bits per heavy atom. The molecule has 1 aromatic carbocycles. The lowest BCUT2D eigenvalue weighted by Gasteiger charge is -2.06. The molecule has 0 atom stereocenters. The van der Waals surface area contributed by atoms with Crippen molar-refractivity contribution >= 4 is 50.8 Å². The number of hydrogen-bond donors (Lipinski definition) is 2. The molecule has 2 rings (SSSR count). The van der Waals surface area contributed by atoms with E-state index in [2.05, 4.69) is 21.2 Å². The zero-order valence-electron chi connectivity index (χ0n) is 10.0. The van der Waals surface area contributed by atoms with Crippen LogP contribution in [0.1, 0.15) is 5.56 Å². The first-order chi connectivity index (χ1) is 9.45. The zero-order chi connectivity index (χ0) is 14.7. The Bertz CT molecular complexity index is 630. The molecule has 1 heterocycles. The van der Waals surface area contributed by atoms with Crippen molar-refractivity contribution in [2.75, 3.05) is 6.61 Å². The van der Waals surface area contributed by atoms with Gasteiger partial charge in [0.25, 0.3) is 17.1 Å². The van der Waals surface area contributed by atoms with E-state index in [1.807, 2.05) is 0 Å². The molecule has 1 fully saturated rings. The van der Waals surface area contributed by atoms with Crippen LogP contribution in [0, 0.1) is 0 Å². The number of ether oxygens (including phenoxy) is 1. The second kappa shape index (κ2) is 6.10. The highest BCUT2D eigenvalue weighted by atomic mass is 79.9. The number of nitrogens with one attached hydrogen (secondary N) is 1. The van der Waals surface area contributed by atoms with E-state index in [4.69, 9.17) is 10.5 Å². The molecule has 0 saturated carbocycles. The van der Waals surface area contributed by atoms with E-state index in [0.29, 0.717) is 15.1 Å². The molecule has 0 bridgehead atoms. The minimum atomic E-state index is -0.569. The first-order valence-corrected chi connectivity index (χ1v) is 7.02. The third kappa shape index (κ3) is 3.61. The fourth-order valence-electron chi connectivity index (χ4n) is 1.45. The summed E-state index contributed by atoms with van der Waals surface area (Å²) in [6, 6.07) is 5.05. The van der Waals surface area contributed by atoms with E-state index in [0.717, 1.165) is 17.3 Å². The van der Waals surface area contributed by atoms with Crippen molar-refractivity contribution in [1.82, 2.24) is 5.32 Å². The van der Waals surface area contributed by atoms with Crippen molar-refractivity contribution in [2.45, 2.75) is 0 Å². The number of carbonyl (C=O) groups is 3. The van der Waals surface area contributed by atoms with E-state index in [1.165, 1.54) is 0 Å². The van der Waals surface area contributed by atoms with Crippen LogP contribution < -0.4 is 15.8 Å². The maximum Gasteiger partial charge on any atom is 0.290 e. The molecule has 3 amide bonds. The molecule has 8 heteroatoms. The number of thioether (sulfide) groups is 1. The summed E-state index contributed by atoms with van der Waals surface area (Å²) in [5.74, 6) is -0.517. The number of amides is 3. The molecule has 1 aromatic rings. The van der Waals surface area contributed by atoms with Crippen LogP contribution in [0.2, 0.25) is 0 Å². The van der Waals surface area contributed by atoms with Gasteiger partial charge in [-0.3, -0.25) is 19.7 Å². The van der Waals surface area contributed by atoms with Crippen molar-refractivity contribution in [3.63, 3.8) is 0 Å². The summed E-state index contributed by atoms with van der Waals surface area (Å²) in [4.78, 5) is 33.4. The zero-order valence-corrected chi connectivity index (χ0v) is 12.4. The minimum Gasteiger partial charge on any atom is -0.483 e. The summed E-state index contributed by atoms with van der Waals surface area (Å²) in [5.41, 5.74) is 5.71. The average Bonchev–Trinajstić information content (AvgIpc) is 2.66. The predicted molar refractivity (Wildman–Crippen MR) is 77.9 cm³/mol. The van der Waals surface area contributed by atoms with Gasteiger partial charge in [0.05, 0.1) is 9.38 Å². The smallest absolute Gasteiger partial charge is 0.290 e. The number of rotatable bonds is 4. The second-order valence-corrected chi connectivity index (χ2v) is 5.67. The number of imide groups is 1. The first-order valence-electron chi connectivity index (χ1n) is 5.41. The molecule has 20 heavy (non-hydrogen) atoms. The Labute approximate surface area is 126 Å². The predicted octanol–water partition coefficient (Wildman–Crippen LogP) is 1.64. The van der Waals surface area contributed by atoms with Crippen molar-refractivity contribution < 1.29 is 19.1 Å². The lowest BCUT2D eigenvalue weighted by Crippen LogP contribution is -2.20. The van der Waals surface area contributed by atoms with Crippen molar-refractivity contribution in [2.24, 2.45) is 5.73 Å². The van der Waals surface area contributed by atoms with Gasteiger partial charge in [0, 0.05) is 0 Å². The van der Waals surface area contributed by atoms with Gasteiger partial charge < -0.3 is 10.5 Å². The van der Waals surface area contributed by atoms with Crippen molar-refractivity contribution in [1.29, 1.82) is 0 Å². The number of primary amides is 1. The van der Waals surface area contributed by atoms with Gasteiger partial charge in [0.2, 0.25) is 0 Å². The maximum atomic E-state index is 11.4. The lowest BCUT2D eigenvalue weighted by atomic mass is 10.2. The van der Waals surface area contributed by atoms with Gasteiger partial charge in [0.1, 0.15) is 5.75 Å². The standard InChI is InChI=1S/C12H9BrN2O4S/c13-7-3-6(1-2-8(7)19-5-10(14)16)4-9-11(17)15-12(18)20-9/h1-4H,5H2,(H2,14,16)(H,15,17,18)/b9-4-. The highest BCUT2D eigenvalue weighted by molar-refractivity contribution is 9.10. The third-order valence-corrected chi connectivity index (χ3v) is 3.70. The van der Waals surface area contributed by atoms with Crippen LogP contribution in [0.4, 0.5) is 4.79 Å². The van der Waals surface area contributed by atoms with Gasteiger partial charge in [0.15, 0.2) is 6.61 Å². The van der Waals surface area contributed by atoms with Gasteiger partial charge >= 0.3 is 0 Å². The van der Waals surface area contributed by atoms with Gasteiger partial charge in [-0.15, -0.1) is 0 Å². The Balaban J connectivity index is 2.17. The fourth-order valence-corrected chi connectivity index (χ4v) is 2.64. The number of carbonyl (C=O) groups excluding carboxylic acids is 3. The van der Waals surface area contributed by atoms with Crippen molar-refractivity contribution in [3.8, 4) is 5.75 Å². The lowest BCUT2D eigenvalue weighted by molar-refractivity contribution is -0.120. The summed E-state index contributed by atoms with van der Waals surface area (Å²) in [6.45, 7) is -0.216. The van der Waals surface area contributed by atoms with Crippen LogP contribution in [-0.2, 0) is 9.59 Å². The van der Waals surface area contributed by atoms with E-state index in [-0.39, 0.29) is 11.8 Å². The molecule has 1 aliphatic rings. The summed E-state index contributed by atoms with van der Waals surface area (Å²) in [5, 5.41) is 1.79. The van der Waals surface area contributed by atoms with E-state index >= 15 is 0 Å². The van der Waals surface area contributed by atoms with Crippen LogP contribution in [0.3, 0.4) is 0 Å². The van der Waals surface area contributed by atoms with Crippen LogP contribution in [0.25, 0.3) is 6.08 Å². The maximum absolute atomic E-state index is 11.4. The molecular formula is C12H9BrN2O4S. The van der Waals surface area contributed by atoms with Gasteiger partial charge in [-0.1, -0.05) is 6.07 Å². The van der Waals surface area contributed by atoms with Crippen LogP contribution in [-0.4, -0.2) is 23.7 Å². The largest absolute Gasteiger partial charge is 0.483 e. The van der Waals surface area contributed by atoms with Crippen LogP contribution in [0.15, 0.2) is 27.6 Å². The molecule has 104 valence electrons. The number of hydrogen-bond acceptors (Lipinski definition) is 5. The van der Waals surface area contributed by atoms with E-state index in [1.54, 1.807) is 24.3 Å². The Morgan fingerprint density at radius 2 is 2.20 bits per heavy atom. The van der Waals surface area contributed by atoms with E-state index < -0.39 is 11.8 Å².